The van der Waals surface area contributed by atoms with Gasteiger partial charge in [0.2, 0.25) is 5.91 Å². The molecule has 4 amide bonds. The molecule has 0 radical (unpaired) electrons. The number of aliphatic hydroxyl groups is 1. The lowest BCUT2D eigenvalue weighted by atomic mass is 10.0. The summed E-state index contributed by atoms with van der Waals surface area (Å²) in [5.74, 6) is -2.15. The topological polar surface area (TPSA) is 206 Å². The molecule has 12 heteroatoms. The fourth-order valence-corrected chi connectivity index (χ4v) is 3.09. The lowest BCUT2D eigenvalue weighted by molar-refractivity contribution is -0.142. The van der Waals surface area contributed by atoms with E-state index in [9.17, 15) is 24.3 Å². The Morgan fingerprint density at radius 2 is 1.58 bits per heavy atom. The van der Waals surface area contributed by atoms with Crippen LogP contribution in [-0.2, 0) is 27.5 Å². The van der Waals surface area contributed by atoms with Gasteiger partial charge in [-0.15, -0.1) is 0 Å². The number of anilines is 1. The fourth-order valence-electron chi connectivity index (χ4n) is 3.09. The van der Waals surface area contributed by atoms with Crippen molar-refractivity contribution in [3.05, 3.63) is 65.7 Å². The second kappa shape index (κ2) is 17.2. The molecule has 0 heterocycles. The molecule has 208 valence electrons. The van der Waals surface area contributed by atoms with E-state index in [1.807, 2.05) is 18.2 Å². The highest BCUT2D eigenvalue weighted by Gasteiger charge is 2.29. The number of benzene rings is 2. The number of nitrogens with one attached hydrogen (secondary N) is 3. The third kappa shape index (κ3) is 13.1. The Morgan fingerprint density at radius 3 is 2.11 bits per heavy atom. The number of hydrogen-bond donors (Lipinski definition) is 7. The van der Waals surface area contributed by atoms with E-state index in [1.165, 1.54) is 0 Å². The number of aliphatic carboxylic acids is 1. The minimum Gasteiger partial charge on any atom is -0.480 e. The summed E-state index contributed by atoms with van der Waals surface area (Å²) in [6.45, 7) is 3.75. The average molecular weight is 532 g/mol. The molecule has 0 spiro atoms. The van der Waals surface area contributed by atoms with Gasteiger partial charge in [-0.1, -0.05) is 56.3 Å². The van der Waals surface area contributed by atoms with Crippen LogP contribution in [0, 0.1) is 5.92 Å². The molecule has 2 aromatic carbocycles. The highest BCUT2D eigenvalue weighted by Crippen LogP contribution is 2.07. The summed E-state index contributed by atoms with van der Waals surface area (Å²) in [7, 11) is 0. The van der Waals surface area contributed by atoms with Crippen LogP contribution in [0.3, 0.4) is 0 Å². The van der Waals surface area contributed by atoms with Crippen molar-refractivity contribution in [3.8, 4) is 0 Å². The first kappa shape index (κ1) is 31.7. The van der Waals surface area contributed by atoms with Gasteiger partial charge in [0.15, 0.2) is 0 Å². The number of hydrogen-bond acceptors (Lipinski definition) is 7. The van der Waals surface area contributed by atoms with Crippen LogP contribution in [0.1, 0.15) is 37.8 Å². The van der Waals surface area contributed by atoms with E-state index in [4.69, 9.17) is 21.3 Å². The largest absolute Gasteiger partial charge is 0.480 e. The zero-order valence-electron chi connectivity index (χ0n) is 21.6. The average Bonchev–Trinajstić information content (AvgIpc) is 2.88. The summed E-state index contributed by atoms with van der Waals surface area (Å²) in [4.78, 5) is 46.6. The summed E-state index contributed by atoms with van der Waals surface area (Å²) < 4.78 is 5.11. The van der Waals surface area contributed by atoms with E-state index in [0.29, 0.717) is 6.42 Å². The maximum absolute atomic E-state index is 12.5. The van der Waals surface area contributed by atoms with E-state index in [0.717, 1.165) is 16.8 Å². The number of urea groups is 1. The molecule has 0 aliphatic carbocycles. The summed E-state index contributed by atoms with van der Waals surface area (Å²) in [5.41, 5.74) is 12.8. The van der Waals surface area contributed by atoms with Gasteiger partial charge in [0.25, 0.3) is 0 Å². The fraction of sp³-hybridized carbons (Fsp3) is 0.385. The molecular formula is C26H37N5O7. The van der Waals surface area contributed by atoms with Gasteiger partial charge in [0.1, 0.15) is 18.7 Å². The summed E-state index contributed by atoms with van der Waals surface area (Å²) in [6, 6.07) is 13.4. The number of nitrogen functional groups attached to an aromatic ring is 1. The Morgan fingerprint density at radius 1 is 0.947 bits per heavy atom. The van der Waals surface area contributed by atoms with Crippen LogP contribution < -0.4 is 27.4 Å². The molecule has 0 aliphatic heterocycles. The summed E-state index contributed by atoms with van der Waals surface area (Å²) >= 11 is 0. The molecule has 2 rings (SSSR count). The molecule has 0 fully saturated rings. The normalized spacial score (nSPS) is 11.8. The highest BCUT2D eigenvalue weighted by molar-refractivity contribution is 5.89. The lowest BCUT2D eigenvalue weighted by Gasteiger charge is -2.23. The second-order valence-electron chi connectivity index (χ2n) is 8.66. The smallest absolute Gasteiger partial charge is 0.408 e. The first-order valence-corrected chi connectivity index (χ1v) is 12.0. The minimum absolute atomic E-state index is 0.0454. The first-order chi connectivity index (χ1) is 18.0. The number of amides is 4. The van der Waals surface area contributed by atoms with Gasteiger partial charge in [0, 0.05) is 12.2 Å². The van der Waals surface area contributed by atoms with Crippen LogP contribution in [0.4, 0.5) is 15.3 Å². The third-order valence-electron chi connectivity index (χ3n) is 5.18. The van der Waals surface area contributed by atoms with Crippen LogP contribution in [0.5, 0.6) is 0 Å². The first-order valence-electron chi connectivity index (χ1n) is 12.0. The molecule has 2 atom stereocenters. The van der Waals surface area contributed by atoms with Crippen molar-refractivity contribution in [1.82, 2.24) is 16.0 Å². The van der Waals surface area contributed by atoms with Gasteiger partial charge >= 0.3 is 18.1 Å². The monoisotopic (exact) mass is 531 g/mol. The van der Waals surface area contributed by atoms with Gasteiger partial charge < -0.3 is 42.4 Å². The van der Waals surface area contributed by atoms with E-state index < -0.39 is 36.1 Å². The van der Waals surface area contributed by atoms with E-state index in [-0.39, 0.29) is 32.1 Å². The quantitative estimate of drug-likeness (QED) is 0.158. The molecule has 12 nitrogen and oxygen atoms in total. The van der Waals surface area contributed by atoms with Crippen LogP contribution >= 0.6 is 0 Å². The molecule has 2 aromatic rings. The van der Waals surface area contributed by atoms with Crippen molar-refractivity contribution in [2.75, 3.05) is 12.3 Å². The zero-order valence-corrected chi connectivity index (χ0v) is 21.6. The number of carbonyl (C=O) groups is 4. The van der Waals surface area contributed by atoms with E-state index in [1.54, 1.807) is 50.2 Å². The molecule has 0 unspecified atom stereocenters. The molecular weight excluding hydrogens is 494 g/mol. The van der Waals surface area contributed by atoms with Crippen LogP contribution in [0.2, 0.25) is 0 Å². The van der Waals surface area contributed by atoms with Crippen LogP contribution in [0.25, 0.3) is 0 Å². The molecule has 38 heavy (non-hydrogen) atoms. The Hall–Kier alpha value is -4.32. The van der Waals surface area contributed by atoms with Gasteiger partial charge in [-0.25, -0.2) is 14.4 Å². The minimum atomic E-state index is -1.22. The lowest BCUT2D eigenvalue weighted by Crippen LogP contribution is -2.53. The van der Waals surface area contributed by atoms with Gasteiger partial charge in [-0.3, -0.25) is 4.79 Å². The summed E-state index contributed by atoms with van der Waals surface area (Å²) in [6.07, 6.45) is -0.385. The van der Waals surface area contributed by atoms with Crippen molar-refractivity contribution in [2.24, 2.45) is 11.7 Å². The number of nitrogens with two attached hydrogens (primary N) is 2. The SMILES string of the molecule is CC(C)[C@H](NC(=O)OCc1ccccc1)C(=O)N[C@@H](CCCNC(N)=O)C(=O)O.Nc1ccc(CO)cc1. The summed E-state index contributed by atoms with van der Waals surface area (Å²) in [5, 5.41) is 25.1. The molecule has 0 saturated carbocycles. The number of primary amides is 1. The number of carboxylic acid groups (broad SMARTS) is 1. The molecule has 0 saturated heterocycles. The van der Waals surface area contributed by atoms with Crippen molar-refractivity contribution in [1.29, 1.82) is 0 Å². The van der Waals surface area contributed by atoms with Crippen molar-refractivity contribution in [3.63, 3.8) is 0 Å². The van der Waals surface area contributed by atoms with Crippen molar-refractivity contribution < 1.29 is 34.1 Å². The predicted octanol–water partition coefficient (Wildman–Crippen LogP) is 1.72. The standard InChI is InChI=1S/C19H28N4O6.C7H9NO/c1-12(2)15(23-19(28)29-11-13-7-4-3-5-8-13)16(24)22-14(17(25)26)9-6-10-21-18(20)27;8-7-3-1-6(5-9)2-4-7/h3-5,7-8,12,14-15H,6,9-11H2,1-2H3,(H,22,24)(H,23,28)(H,25,26)(H3,20,21,27);1-4,9H,5,8H2/t14-,15-;/m0./s1. The maximum atomic E-state index is 12.5. The Labute approximate surface area is 221 Å². The number of alkyl carbamates (subject to hydrolysis) is 1. The number of carbonyl (C=O) groups excluding carboxylic acids is 3. The van der Waals surface area contributed by atoms with Crippen LogP contribution in [-0.4, -0.2) is 52.8 Å². The third-order valence-corrected chi connectivity index (χ3v) is 5.18. The zero-order chi connectivity index (χ0) is 28.5. The Balaban J connectivity index is 0.000000671. The van der Waals surface area contributed by atoms with Gasteiger partial charge in [-0.05, 0) is 42.0 Å². The Kier molecular flexibility index (Phi) is 14.3. The molecule has 9 N–H and O–H groups in total. The maximum Gasteiger partial charge on any atom is 0.408 e. The second-order valence-corrected chi connectivity index (χ2v) is 8.66. The number of carboxylic acids is 1. The van der Waals surface area contributed by atoms with E-state index in [2.05, 4.69) is 16.0 Å². The number of ether oxygens (including phenoxy) is 1. The van der Waals surface area contributed by atoms with Crippen molar-refractivity contribution >= 4 is 29.7 Å². The number of aliphatic hydroxyl groups excluding tert-OH is 1. The molecule has 0 aromatic heterocycles. The highest BCUT2D eigenvalue weighted by atomic mass is 16.5. The van der Waals surface area contributed by atoms with Crippen LogP contribution in [0.15, 0.2) is 54.6 Å². The van der Waals surface area contributed by atoms with Crippen molar-refractivity contribution in [2.45, 2.75) is 52.0 Å². The van der Waals surface area contributed by atoms with E-state index >= 15 is 0 Å². The van der Waals surface area contributed by atoms with Gasteiger partial charge in [0.05, 0.1) is 6.61 Å². The predicted molar refractivity (Wildman–Crippen MR) is 142 cm³/mol. The molecule has 0 bridgehead atoms. The number of rotatable bonds is 12. The Bertz CT molecular complexity index is 1020. The molecule has 0 aliphatic rings. The van der Waals surface area contributed by atoms with Gasteiger partial charge in [-0.2, -0.15) is 0 Å².